The van der Waals surface area contributed by atoms with Crippen molar-refractivity contribution in [2.24, 2.45) is 0 Å². The van der Waals surface area contributed by atoms with Gasteiger partial charge in [0.2, 0.25) is 5.89 Å². The van der Waals surface area contributed by atoms with E-state index in [9.17, 15) is 9.59 Å². The molecule has 1 aromatic rings. The van der Waals surface area contributed by atoms with Crippen molar-refractivity contribution in [3.05, 3.63) is 11.7 Å². The number of carbonyl (C=O) groups excluding carboxylic acids is 2. The van der Waals surface area contributed by atoms with Crippen LogP contribution in [0.5, 0.6) is 0 Å². The molecule has 3 heterocycles. The Hall–Kier alpha value is -1.96. The van der Waals surface area contributed by atoms with Crippen LogP contribution in [0.2, 0.25) is 0 Å². The minimum atomic E-state index is -0.507. The molecule has 2 aliphatic heterocycles. The van der Waals surface area contributed by atoms with Crippen molar-refractivity contribution < 1.29 is 18.8 Å². The van der Waals surface area contributed by atoms with Crippen LogP contribution in [0.25, 0.3) is 0 Å². The summed E-state index contributed by atoms with van der Waals surface area (Å²) in [6.45, 7) is 4.93. The van der Waals surface area contributed by atoms with E-state index in [2.05, 4.69) is 10.1 Å². The van der Waals surface area contributed by atoms with Crippen LogP contribution in [0.4, 0.5) is 0 Å². The van der Waals surface area contributed by atoms with Gasteiger partial charge in [-0.25, -0.2) is 0 Å². The Bertz CT molecular complexity index is 538. The number of hydrogen-bond acceptors (Lipinski definition) is 6. The number of nitrogens with zero attached hydrogens (tertiary/aromatic N) is 4. The molecule has 8 nitrogen and oxygen atoms in total. The maximum absolute atomic E-state index is 12.0. The molecule has 0 bridgehead atoms. The summed E-state index contributed by atoms with van der Waals surface area (Å²) in [6.07, 6.45) is 0.881. The smallest absolute Gasteiger partial charge is 0.312 e. The SMILES string of the molecule is CCN1CCN(Cc2nc(C3CCOC3)no2)C(=O)C1=O. The molecule has 2 fully saturated rings. The molecular weight excluding hydrogens is 276 g/mol. The predicted molar refractivity (Wildman–Crippen MR) is 70.1 cm³/mol. The summed E-state index contributed by atoms with van der Waals surface area (Å²) in [5, 5.41) is 3.94. The second-order valence-electron chi connectivity index (χ2n) is 5.22. The van der Waals surface area contributed by atoms with E-state index in [1.165, 1.54) is 9.80 Å². The zero-order chi connectivity index (χ0) is 14.8. The Balaban J connectivity index is 1.64. The third-order valence-corrected chi connectivity index (χ3v) is 3.88. The first-order valence-electron chi connectivity index (χ1n) is 7.17. The number of aromatic nitrogens is 2. The van der Waals surface area contributed by atoms with Gasteiger partial charge in [-0.1, -0.05) is 5.16 Å². The van der Waals surface area contributed by atoms with Gasteiger partial charge >= 0.3 is 11.8 Å². The molecular formula is C13H18N4O4. The molecule has 0 spiro atoms. The highest BCUT2D eigenvalue weighted by molar-refractivity contribution is 6.35. The lowest BCUT2D eigenvalue weighted by Gasteiger charge is -2.32. The number of ether oxygens (including phenoxy) is 1. The fourth-order valence-electron chi connectivity index (χ4n) is 2.57. The number of piperazine rings is 1. The van der Waals surface area contributed by atoms with Crippen molar-refractivity contribution in [1.82, 2.24) is 19.9 Å². The molecule has 0 aromatic carbocycles. The molecule has 0 radical (unpaired) electrons. The lowest BCUT2D eigenvalue weighted by atomic mass is 10.1. The molecule has 2 aliphatic rings. The van der Waals surface area contributed by atoms with Crippen molar-refractivity contribution in [3.8, 4) is 0 Å². The lowest BCUT2D eigenvalue weighted by Crippen LogP contribution is -2.53. The van der Waals surface area contributed by atoms with Gasteiger partial charge in [0.25, 0.3) is 0 Å². The lowest BCUT2D eigenvalue weighted by molar-refractivity contribution is -0.156. The highest BCUT2D eigenvalue weighted by Gasteiger charge is 2.33. The Morgan fingerprint density at radius 1 is 1.24 bits per heavy atom. The number of carbonyl (C=O) groups is 2. The van der Waals surface area contributed by atoms with Gasteiger partial charge in [-0.2, -0.15) is 4.98 Å². The Morgan fingerprint density at radius 3 is 2.71 bits per heavy atom. The van der Waals surface area contributed by atoms with E-state index < -0.39 is 11.8 Å². The Morgan fingerprint density at radius 2 is 2.00 bits per heavy atom. The van der Waals surface area contributed by atoms with Crippen LogP contribution in [0.15, 0.2) is 4.52 Å². The summed E-state index contributed by atoms with van der Waals surface area (Å²) in [5.74, 6) is 0.174. The van der Waals surface area contributed by atoms with Crippen molar-refractivity contribution in [2.75, 3.05) is 32.8 Å². The summed E-state index contributed by atoms with van der Waals surface area (Å²) in [6, 6.07) is 0. The van der Waals surface area contributed by atoms with E-state index in [1.54, 1.807) is 0 Å². The Kier molecular flexibility index (Phi) is 3.87. The van der Waals surface area contributed by atoms with Gasteiger partial charge in [0.1, 0.15) is 6.54 Å². The topological polar surface area (TPSA) is 88.8 Å². The molecule has 2 saturated heterocycles. The third kappa shape index (κ3) is 2.76. The monoisotopic (exact) mass is 294 g/mol. The van der Waals surface area contributed by atoms with E-state index in [-0.39, 0.29) is 12.5 Å². The van der Waals surface area contributed by atoms with Gasteiger partial charge in [0.15, 0.2) is 5.82 Å². The van der Waals surface area contributed by atoms with Crippen molar-refractivity contribution in [1.29, 1.82) is 0 Å². The van der Waals surface area contributed by atoms with Crippen LogP contribution < -0.4 is 0 Å². The minimum Gasteiger partial charge on any atom is -0.381 e. The summed E-state index contributed by atoms with van der Waals surface area (Å²) in [4.78, 5) is 31.1. The molecule has 8 heteroatoms. The highest BCUT2D eigenvalue weighted by atomic mass is 16.5. The maximum atomic E-state index is 12.0. The summed E-state index contributed by atoms with van der Waals surface area (Å²) < 4.78 is 10.5. The van der Waals surface area contributed by atoms with Gasteiger partial charge in [-0.05, 0) is 13.3 Å². The number of amides is 2. The van der Waals surface area contributed by atoms with Crippen LogP contribution in [0, 0.1) is 0 Å². The summed E-state index contributed by atoms with van der Waals surface area (Å²) in [5.41, 5.74) is 0. The van der Waals surface area contributed by atoms with Gasteiger partial charge in [0, 0.05) is 32.2 Å². The summed E-state index contributed by atoms with van der Waals surface area (Å²) >= 11 is 0. The Labute approximate surface area is 122 Å². The van der Waals surface area contributed by atoms with Crippen molar-refractivity contribution in [2.45, 2.75) is 25.8 Å². The first-order chi connectivity index (χ1) is 10.2. The highest BCUT2D eigenvalue weighted by Crippen LogP contribution is 2.22. The predicted octanol–water partition coefficient (Wildman–Crippen LogP) is -0.236. The summed E-state index contributed by atoms with van der Waals surface area (Å²) in [7, 11) is 0. The van der Waals surface area contributed by atoms with Crippen molar-refractivity contribution in [3.63, 3.8) is 0 Å². The van der Waals surface area contributed by atoms with E-state index in [4.69, 9.17) is 9.26 Å². The molecule has 114 valence electrons. The molecule has 0 N–H and O–H groups in total. The van der Waals surface area contributed by atoms with Gasteiger partial charge in [-0.3, -0.25) is 9.59 Å². The average Bonchev–Trinajstić information content (AvgIpc) is 3.15. The van der Waals surface area contributed by atoms with E-state index in [0.717, 1.165) is 6.42 Å². The van der Waals surface area contributed by atoms with Crippen LogP contribution in [-0.4, -0.2) is 64.6 Å². The normalized spacial score (nSPS) is 23.2. The zero-order valence-corrected chi connectivity index (χ0v) is 11.9. The van der Waals surface area contributed by atoms with Crippen LogP contribution in [0.3, 0.4) is 0 Å². The zero-order valence-electron chi connectivity index (χ0n) is 11.9. The fourth-order valence-corrected chi connectivity index (χ4v) is 2.57. The fraction of sp³-hybridized carbons (Fsp3) is 0.692. The van der Waals surface area contributed by atoms with Crippen LogP contribution >= 0.6 is 0 Å². The molecule has 0 saturated carbocycles. The molecule has 0 aliphatic carbocycles. The van der Waals surface area contributed by atoms with Gasteiger partial charge < -0.3 is 19.1 Å². The third-order valence-electron chi connectivity index (χ3n) is 3.88. The molecule has 1 unspecified atom stereocenters. The van der Waals surface area contributed by atoms with Crippen LogP contribution in [-0.2, 0) is 20.9 Å². The van der Waals surface area contributed by atoms with E-state index in [0.29, 0.717) is 44.6 Å². The minimum absolute atomic E-state index is 0.164. The quantitative estimate of drug-likeness (QED) is 0.712. The van der Waals surface area contributed by atoms with Gasteiger partial charge in [0.05, 0.1) is 6.61 Å². The van der Waals surface area contributed by atoms with E-state index >= 15 is 0 Å². The first kappa shape index (κ1) is 14.0. The number of likely N-dealkylation sites (N-methyl/N-ethyl adjacent to an activating group) is 1. The first-order valence-corrected chi connectivity index (χ1v) is 7.17. The number of hydrogen-bond donors (Lipinski definition) is 0. The molecule has 21 heavy (non-hydrogen) atoms. The van der Waals surface area contributed by atoms with E-state index in [1.807, 2.05) is 6.92 Å². The van der Waals surface area contributed by atoms with Gasteiger partial charge in [-0.15, -0.1) is 0 Å². The standard InChI is InChI=1S/C13H18N4O4/c1-2-16-4-5-17(13(19)12(16)18)7-10-14-11(15-21-10)9-3-6-20-8-9/h9H,2-8H2,1H3. The molecule has 1 atom stereocenters. The molecule has 2 amide bonds. The largest absolute Gasteiger partial charge is 0.381 e. The van der Waals surface area contributed by atoms with Crippen molar-refractivity contribution >= 4 is 11.8 Å². The maximum Gasteiger partial charge on any atom is 0.312 e. The average molecular weight is 294 g/mol. The van der Waals surface area contributed by atoms with Crippen LogP contribution in [0.1, 0.15) is 31.0 Å². The number of rotatable bonds is 4. The molecule has 3 rings (SSSR count). The second kappa shape index (κ2) is 5.80. The second-order valence-corrected chi connectivity index (χ2v) is 5.22. The molecule has 1 aromatic heterocycles.